The summed E-state index contributed by atoms with van der Waals surface area (Å²) in [5.41, 5.74) is 4.93. The molecule has 4 nitrogen and oxygen atoms in total. The summed E-state index contributed by atoms with van der Waals surface area (Å²) in [5.74, 6) is 0.153. The molecule has 1 aliphatic rings. The predicted octanol–water partition coefficient (Wildman–Crippen LogP) is 4.71. The van der Waals surface area contributed by atoms with Gasteiger partial charge >= 0.3 is 0 Å². The number of pyridine rings is 1. The number of rotatable bonds is 4. The molecule has 1 aliphatic heterocycles. The Hall–Kier alpha value is -3.57. The van der Waals surface area contributed by atoms with Gasteiger partial charge in [-0.05, 0) is 52.6 Å². The van der Waals surface area contributed by atoms with Crippen LogP contribution in [0.5, 0.6) is 5.75 Å². The largest absolute Gasteiger partial charge is 0.545 e. The van der Waals surface area contributed by atoms with Crippen molar-refractivity contribution in [3.8, 4) is 5.75 Å². The Morgan fingerprint density at radius 2 is 1.84 bits per heavy atom. The maximum Gasteiger partial charge on any atom is 0.127 e. The van der Waals surface area contributed by atoms with E-state index in [0.717, 1.165) is 38.2 Å². The average Bonchev–Trinajstić information content (AvgIpc) is 2.96. The molecule has 5 heteroatoms. The second-order valence-electron chi connectivity index (χ2n) is 7.22. The number of fused-ring (bicyclic) bond motifs is 3. The lowest BCUT2D eigenvalue weighted by Gasteiger charge is -2.13. The first-order chi connectivity index (χ1) is 15.2. The first-order valence-corrected chi connectivity index (χ1v) is 10.9. The average molecular weight is 425 g/mol. The molecule has 0 spiro atoms. The van der Waals surface area contributed by atoms with E-state index in [9.17, 15) is 9.90 Å². The van der Waals surface area contributed by atoms with Crippen molar-refractivity contribution < 1.29 is 14.6 Å². The van der Waals surface area contributed by atoms with Gasteiger partial charge < -0.3 is 14.6 Å². The number of carbonyl (C=O) groups is 1. The second kappa shape index (κ2) is 8.28. The van der Waals surface area contributed by atoms with Crippen LogP contribution in [0.1, 0.15) is 27.0 Å². The lowest BCUT2D eigenvalue weighted by molar-refractivity contribution is -0.255. The summed E-state index contributed by atoms with van der Waals surface area (Å²) in [4.78, 5) is 16.2. The minimum absolute atomic E-state index is 0.136. The topological polar surface area (TPSA) is 62.2 Å². The third-order valence-electron chi connectivity index (χ3n) is 5.29. The Labute approximate surface area is 184 Å². The molecule has 152 valence electrons. The molecule has 0 bridgehead atoms. The number of thioether (sulfide) groups is 1. The zero-order valence-corrected chi connectivity index (χ0v) is 17.4. The summed E-state index contributed by atoms with van der Waals surface area (Å²) in [6, 6.07) is 25.1. The third kappa shape index (κ3) is 3.92. The number of aromatic nitrogens is 1. The molecule has 4 aromatic rings. The fourth-order valence-electron chi connectivity index (χ4n) is 3.76. The van der Waals surface area contributed by atoms with Gasteiger partial charge in [0.25, 0.3) is 0 Å². The number of para-hydroxylation sites is 1. The normalized spacial score (nSPS) is 13.9. The van der Waals surface area contributed by atoms with E-state index in [-0.39, 0.29) is 5.56 Å². The zero-order chi connectivity index (χ0) is 21.2. The fourth-order valence-corrected chi connectivity index (χ4v) is 4.51. The minimum atomic E-state index is -1.20. The highest BCUT2D eigenvalue weighted by Gasteiger charge is 2.19. The van der Waals surface area contributed by atoms with Gasteiger partial charge in [0.2, 0.25) is 0 Å². The number of hydrogen-bond acceptors (Lipinski definition) is 5. The van der Waals surface area contributed by atoms with Crippen molar-refractivity contribution in [2.24, 2.45) is 0 Å². The smallest absolute Gasteiger partial charge is 0.127 e. The van der Waals surface area contributed by atoms with Crippen LogP contribution in [0.4, 0.5) is 0 Å². The molecule has 2 heterocycles. The highest BCUT2D eigenvalue weighted by atomic mass is 32.2. The van der Waals surface area contributed by atoms with Gasteiger partial charge in [0.05, 0.1) is 16.5 Å². The van der Waals surface area contributed by atoms with Gasteiger partial charge in [-0.1, -0.05) is 54.6 Å². The van der Waals surface area contributed by atoms with E-state index in [0.29, 0.717) is 18.1 Å². The second-order valence-corrected chi connectivity index (χ2v) is 8.26. The standard InChI is InChI=1S/C26H19NO3S/c28-26(29)18-9-11-24-22(15-18)21(20-7-3-1-6-19(20)16-30-24)13-14-31-25-12-10-17-5-2-4-8-23(17)27-25/h1-13,15H,14,16H2,(H,28,29)/p-1/b21-13+. The van der Waals surface area contributed by atoms with Crippen LogP contribution in [0.15, 0.2) is 90.0 Å². The molecule has 0 aliphatic carbocycles. The molecule has 0 radical (unpaired) electrons. The molecule has 3 aromatic carbocycles. The van der Waals surface area contributed by atoms with Gasteiger partial charge in [0, 0.05) is 16.7 Å². The number of benzene rings is 3. The minimum Gasteiger partial charge on any atom is -0.545 e. The van der Waals surface area contributed by atoms with Gasteiger partial charge in [0.15, 0.2) is 0 Å². The van der Waals surface area contributed by atoms with Crippen LogP contribution in [0.25, 0.3) is 16.5 Å². The van der Waals surface area contributed by atoms with Crippen molar-refractivity contribution in [3.63, 3.8) is 0 Å². The lowest BCUT2D eigenvalue weighted by Crippen LogP contribution is -2.22. The summed E-state index contributed by atoms with van der Waals surface area (Å²) in [5, 5.41) is 13.5. The molecule has 0 fully saturated rings. The van der Waals surface area contributed by atoms with E-state index < -0.39 is 5.97 Å². The van der Waals surface area contributed by atoms with Crippen LogP contribution in [-0.4, -0.2) is 16.7 Å². The third-order valence-corrected chi connectivity index (χ3v) is 6.14. The number of carboxylic acids is 1. The maximum atomic E-state index is 11.4. The Bertz CT molecular complexity index is 1330. The number of nitrogens with zero attached hydrogens (tertiary/aromatic N) is 1. The quantitative estimate of drug-likeness (QED) is 0.444. The Kier molecular flexibility index (Phi) is 5.18. The number of hydrogen-bond donors (Lipinski definition) is 0. The number of carboxylic acid groups (broad SMARTS) is 1. The highest BCUT2D eigenvalue weighted by Crippen LogP contribution is 2.37. The van der Waals surface area contributed by atoms with Crippen molar-refractivity contribution >= 4 is 34.2 Å². The van der Waals surface area contributed by atoms with Gasteiger partial charge in [-0.25, -0.2) is 4.98 Å². The molecule has 1 aromatic heterocycles. The van der Waals surface area contributed by atoms with E-state index in [1.165, 1.54) is 6.07 Å². The van der Waals surface area contributed by atoms with Crippen molar-refractivity contribution in [3.05, 3.63) is 107 Å². The predicted molar refractivity (Wildman–Crippen MR) is 121 cm³/mol. The number of carbonyl (C=O) groups excluding carboxylic acids is 1. The van der Waals surface area contributed by atoms with Crippen LogP contribution in [0.2, 0.25) is 0 Å². The van der Waals surface area contributed by atoms with Crippen LogP contribution in [0, 0.1) is 0 Å². The molecular formula is C26H18NO3S-. The summed E-state index contributed by atoms with van der Waals surface area (Å²) in [6.07, 6.45) is 2.12. The van der Waals surface area contributed by atoms with Crippen molar-refractivity contribution in [2.75, 3.05) is 5.75 Å². The molecule has 5 rings (SSSR count). The van der Waals surface area contributed by atoms with E-state index in [2.05, 4.69) is 12.1 Å². The van der Waals surface area contributed by atoms with E-state index in [1.807, 2.05) is 54.6 Å². The first-order valence-electron chi connectivity index (χ1n) is 9.94. The van der Waals surface area contributed by atoms with Gasteiger partial charge in [-0.2, -0.15) is 0 Å². The number of aromatic carboxylic acids is 1. The Morgan fingerprint density at radius 3 is 2.74 bits per heavy atom. The van der Waals surface area contributed by atoms with E-state index in [4.69, 9.17) is 9.72 Å². The summed E-state index contributed by atoms with van der Waals surface area (Å²) < 4.78 is 5.98. The SMILES string of the molecule is O=C([O-])c1ccc2c(c1)/C(=C/CSc1ccc3ccccc3n1)c1ccccc1CO2. The molecule has 0 unspecified atom stereocenters. The molecular weight excluding hydrogens is 406 g/mol. The van der Waals surface area contributed by atoms with Crippen LogP contribution in [0.3, 0.4) is 0 Å². The maximum absolute atomic E-state index is 11.4. The monoisotopic (exact) mass is 424 g/mol. The zero-order valence-electron chi connectivity index (χ0n) is 16.6. The first kappa shape index (κ1) is 19.4. The van der Waals surface area contributed by atoms with Crippen molar-refractivity contribution in [1.29, 1.82) is 0 Å². The van der Waals surface area contributed by atoms with E-state index in [1.54, 1.807) is 23.9 Å². The van der Waals surface area contributed by atoms with Crippen LogP contribution >= 0.6 is 11.8 Å². The van der Waals surface area contributed by atoms with Gasteiger partial charge in [0.1, 0.15) is 12.4 Å². The summed E-state index contributed by atoms with van der Waals surface area (Å²) in [6.45, 7) is 0.435. The molecule has 0 saturated heterocycles. The van der Waals surface area contributed by atoms with Gasteiger partial charge in [-0.3, -0.25) is 0 Å². The fraction of sp³-hybridized carbons (Fsp3) is 0.0769. The van der Waals surface area contributed by atoms with E-state index >= 15 is 0 Å². The molecule has 0 amide bonds. The lowest BCUT2D eigenvalue weighted by atomic mass is 9.93. The molecule has 31 heavy (non-hydrogen) atoms. The highest BCUT2D eigenvalue weighted by molar-refractivity contribution is 7.99. The van der Waals surface area contributed by atoms with Crippen LogP contribution < -0.4 is 9.84 Å². The molecule has 0 N–H and O–H groups in total. The van der Waals surface area contributed by atoms with Crippen molar-refractivity contribution in [1.82, 2.24) is 4.98 Å². The molecule has 0 atom stereocenters. The van der Waals surface area contributed by atoms with Crippen molar-refractivity contribution in [2.45, 2.75) is 11.6 Å². The Morgan fingerprint density at radius 1 is 1.00 bits per heavy atom. The molecule has 0 saturated carbocycles. The van der Waals surface area contributed by atoms with Crippen LogP contribution in [-0.2, 0) is 6.61 Å². The summed E-state index contributed by atoms with van der Waals surface area (Å²) >= 11 is 1.64. The van der Waals surface area contributed by atoms with Gasteiger partial charge in [-0.15, -0.1) is 11.8 Å². The number of ether oxygens (including phenoxy) is 1. The summed E-state index contributed by atoms with van der Waals surface area (Å²) in [7, 11) is 0. The Balaban J connectivity index is 1.52.